The third-order valence-corrected chi connectivity index (χ3v) is 1.32. The van der Waals surface area contributed by atoms with E-state index < -0.39 is 0 Å². The van der Waals surface area contributed by atoms with Crippen molar-refractivity contribution in [3.05, 3.63) is 0 Å². The minimum absolute atomic E-state index is 0.556. The fraction of sp³-hybridized carbons (Fsp3) is 0.800. The lowest BCUT2D eigenvalue weighted by atomic mass is 10.4. The van der Waals surface area contributed by atoms with E-state index in [0.717, 1.165) is 6.67 Å². The minimum Gasteiger partial charge on any atom is -0.280 e. The largest absolute Gasteiger partial charge is 0.280 e. The van der Waals surface area contributed by atoms with Crippen molar-refractivity contribution in [3.63, 3.8) is 0 Å². The first-order valence-electron chi connectivity index (χ1n) is 2.51. The van der Waals surface area contributed by atoms with Gasteiger partial charge in [-0.2, -0.15) is 0 Å². The van der Waals surface area contributed by atoms with Gasteiger partial charge in [-0.25, -0.2) is 0 Å². The highest BCUT2D eigenvalue weighted by Crippen LogP contribution is 1.97. The predicted octanol–water partition coefficient (Wildman–Crippen LogP) is 0.349. The summed E-state index contributed by atoms with van der Waals surface area (Å²) in [6.45, 7) is 3.01. The highest BCUT2D eigenvalue weighted by atomic mass is 15.2. The van der Waals surface area contributed by atoms with Gasteiger partial charge in [0.1, 0.15) is 0 Å². The molecule has 0 aromatic rings. The molecule has 0 saturated carbocycles. The van der Waals surface area contributed by atoms with E-state index in [4.69, 9.17) is 0 Å². The zero-order chi connectivity index (χ0) is 5.28. The van der Waals surface area contributed by atoms with Gasteiger partial charge < -0.3 is 0 Å². The maximum atomic E-state index is 4.05. The molecule has 0 fully saturated rings. The number of nitrogens with zero attached hydrogens (tertiary/aromatic N) is 2. The van der Waals surface area contributed by atoms with E-state index in [0.29, 0.717) is 6.04 Å². The number of aliphatic imine (C=N–C) groups is 1. The third kappa shape index (κ3) is 0.800. The van der Waals surface area contributed by atoms with Crippen LogP contribution in [-0.4, -0.2) is 30.9 Å². The molecule has 1 rings (SSSR count). The summed E-state index contributed by atoms with van der Waals surface area (Å²) in [6, 6.07) is 0.556. The first kappa shape index (κ1) is 4.78. The topological polar surface area (TPSA) is 15.6 Å². The molecular formula is C5H10N2. The van der Waals surface area contributed by atoms with Gasteiger partial charge in [0.25, 0.3) is 0 Å². The Morgan fingerprint density at radius 2 is 2.57 bits per heavy atom. The Balaban J connectivity index is 2.45. The molecule has 1 unspecified atom stereocenters. The highest BCUT2D eigenvalue weighted by Gasteiger charge is 2.08. The molecule has 0 bridgehead atoms. The van der Waals surface area contributed by atoms with Crippen LogP contribution < -0.4 is 0 Å². The second-order valence-electron chi connectivity index (χ2n) is 1.97. The van der Waals surface area contributed by atoms with E-state index in [1.807, 2.05) is 6.21 Å². The Kier molecular flexibility index (Phi) is 1.11. The molecule has 7 heavy (non-hydrogen) atoms. The van der Waals surface area contributed by atoms with Gasteiger partial charge in [-0.3, -0.25) is 9.89 Å². The van der Waals surface area contributed by atoms with Crippen LogP contribution in [0, 0.1) is 0 Å². The van der Waals surface area contributed by atoms with Crippen molar-refractivity contribution in [1.29, 1.82) is 0 Å². The van der Waals surface area contributed by atoms with Gasteiger partial charge in [-0.1, -0.05) is 0 Å². The van der Waals surface area contributed by atoms with E-state index >= 15 is 0 Å². The lowest BCUT2D eigenvalue weighted by Gasteiger charge is -2.09. The zero-order valence-corrected chi connectivity index (χ0v) is 4.76. The number of rotatable bonds is 0. The maximum absolute atomic E-state index is 4.05. The van der Waals surface area contributed by atoms with Crippen molar-refractivity contribution in [2.75, 3.05) is 13.7 Å². The summed E-state index contributed by atoms with van der Waals surface area (Å²) in [4.78, 5) is 6.23. The van der Waals surface area contributed by atoms with Crippen molar-refractivity contribution < 1.29 is 0 Å². The van der Waals surface area contributed by atoms with Gasteiger partial charge in [0.15, 0.2) is 0 Å². The van der Waals surface area contributed by atoms with Crippen LogP contribution in [0.2, 0.25) is 0 Å². The maximum Gasteiger partial charge on any atom is 0.0908 e. The summed E-state index contributed by atoms with van der Waals surface area (Å²) in [5, 5.41) is 0. The zero-order valence-electron chi connectivity index (χ0n) is 4.76. The second kappa shape index (κ2) is 1.62. The molecular weight excluding hydrogens is 88.1 g/mol. The van der Waals surface area contributed by atoms with Crippen LogP contribution >= 0.6 is 0 Å². The fourth-order valence-electron chi connectivity index (χ4n) is 0.571. The average molecular weight is 98.1 g/mol. The van der Waals surface area contributed by atoms with Crippen molar-refractivity contribution in [3.8, 4) is 0 Å². The average Bonchev–Trinajstić information content (AvgIpc) is 1.91. The molecule has 2 heteroatoms. The van der Waals surface area contributed by atoms with Crippen molar-refractivity contribution in [2.24, 2.45) is 4.99 Å². The van der Waals surface area contributed by atoms with Crippen LogP contribution in [-0.2, 0) is 0 Å². The number of hydrogen-bond donors (Lipinski definition) is 0. The Labute approximate surface area is 43.8 Å². The molecule has 0 spiro atoms. The van der Waals surface area contributed by atoms with Gasteiger partial charge in [0.2, 0.25) is 0 Å². The van der Waals surface area contributed by atoms with E-state index in [-0.39, 0.29) is 0 Å². The molecule has 0 saturated heterocycles. The molecule has 0 radical (unpaired) electrons. The minimum atomic E-state index is 0.556. The second-order valence-corrected chi connectivity index (χ2v) is 1.97. The molecule has 0 amide bonds. The SMILES string of the molecule is CC1C=NCN1C. The molecule has 2 nitrogen and oxygen atoms in total. The first-order chi connectivity index (χ1) is 3.30. The molecule has 40 valence electrons. The summed E-state index contributed by atoms with van der Waals surface area (Å²) < 4.78 is 0. The van der Waals surface area contributed by atoms with Crippen LogP contribution in [0.5, 0.6) is 0 Å². The molecule has 1 atom stereocenters. The van der Waals surface area contributed by atoms with Crippen LogP contribution in [0.1, 0.15) is 6.92 Å². The van der Waals surface area contributed by atoms with E-state index in [1.54, 1.807) is 0 Å². The monoisotopic (exact) mass is 98.1 g/mol. The number of hydrogen-bond acceptors (Lipinski definition) is 2. The normalized spacial score (nSPS) is 32.0. The van der Waals surface area contributed by atoms with Crippen LogP contribution in [0.3, 0.4) is 0 Å². The standard InChI is InChI=1S/C5H10N2/c1-5-3-6-4-7(5)2/h3,5H,4H2,1-2H3. The lowest BCUT2D eigenvalue weighted by molar-refractivity contribution is 0.351. The van der Waals surface area contributed by atoms with Gasteiger partial charge in [0, 0.05) is 12.3 Å². The Morgan fingerprint density at radius 1 is 1.86 bits per heavy atom. The molecule has 1 heterocycles. The van der Waals surface area contributed by atoms with Crippen LogP contribution in [0.4, 0.5) is 0 Å². The Hall–Kier alpha value is -0.370. The summed E-state index contributed by atoms with van der Waals surface area (Å²) in [5.41, 5.74) is 0. The molecule has 1 aliphatic rings. The quantitative estimate of drug-likeness (QED) is 0.427. The van der Waals surface area contributed by atoms with Gasteiger partial charge >= 0.3 is 0 Å². The van der Waals surface area contributed by atoms with Gasteiger partial charge in [-0.05, 0) is 14.0 Å². The highest BCUT2D eigenvalue weighted by molar-refractivity contribution is 5.65. The molecule has 0 aromatic carbocycles. The van der Waals surface area contributed by atoms with Crippen molar-refractivity contribution >= 4 is 6.21 Å². The van der Waals surface area contributed by atoms with Gasteiger partial charge in [0.05, 0.1) is 6.67 Å². The van der Waals surface area contributed by atoms with E-state index in [1.165, 1.54) is 0 Å². The van der Waals surface area contributed by atoms with Crippen LogP contribution in [0.25, 0.3) is 0 Å². The lowest BCUT2D eigenvalue weighted by Crippen LogP contribution is -2.23. The Bertz CT molecular complexity index is 88.1. The molecule has 0 N–H and O–H groups in total. The summed E-state index contributed by atoms with van der Waals surface area (Å²) in [5.74, 6) is 0. The smallest absolute Gasteiger partial charge is 0.0908 e. The Morgan fingerprint density at radius 3 is 2.71 bits per heavy atom. The summed E-state index contributed by atoms with van der Waals surface area (Å²) in [7, 11) is 2.07. The third-order valence-electron chi connectivity index (χ3n) is 1.32. The van der Waals surface area contributed by atoms with Crippen molar-refractivity contribution in [2.45, 2.75) is 13.0 Å². The predicted molar refractivity (Wildman–Crippen MR) is 30.6 cm³/mol. The fourth-order valence-corrected chi connectivity index (χ4v) is 0.571. The summed E-state index contributed by atoms with van der Waals surface area (Å²) >= 11 is 0. The van der Waals surface area contributed by atoms with Crippen molar-refractivity contribution in [1.82, 2.24) is 4.90 Å². The van der Waals surface area contributed by atoms with E-state index in [2.05, 4.69) is 23.9 Å². The van der Waals surface area contributed by atoms with E-state index in [9.17, 15) is 0 Å². The van der Waals surface area contributed by atoms with Crippen LogP contribution in [0.15, 0.2) is 4.99 Å². The van der Waals surface area contributed by atoms with Gasteiger partial charge in [-0.15, -0.1) is 0 Å². The molecule has 0 aliphatic carbocycles. The first-order valence-corrected chi connectivity index (χ1v) is 2.51. The molecule has 1 aliphatic heterocycles. The molecule has 0 aromatic heterocycles. The summed E-state index contributed by atoms with van der Waals surface area (Å²) in [6.07, 6.45) is 1.97.